The quantitative estimate of drug-likeness (QED) is 0.628. The Kier molecular flexibility index (Phi) is 5.11. The molecule has 2 aliphatic rings. The summed E-state index contributed by atoms with van der Waals surface area (Å²) in [6, 6.07) is 3.56. The molecule has 3 rings (SSSR count). The molecule has 0 radical (unpaired) electrons. The minimum absolute atomic E-state index is 0.0580. The number of hydrogen-bond acceptors (Lipinski definition) is 5. The number of rotatable bonds is 4. The van der Waals surface area contributed by atoms with Crippen molar-refractivity contribution in [3.05, 3.63) is 39.4 Å². The minimum Gasteiger partial charge on any atom is -0.481 e. The summed E-state index contributed by atoms with van der Waals surface area (Å²) in [5.41, 5.74) is 0.636. The summed E-state index contributed by atoms with van der Waals surface area (Å²) < 4.78 is 0. The van der Waals surface area contributed by atoms with E-state index in [0.29, 0.717) is 43.5 Å². The van der Waals surface area contributed by atoms with Crippen LogP contribution < -0.4 is 0 Å². The van der Waals surface area contributed by atoms with E-state index in [1.165, 1.54) is 28.0 Å². The first-order valence-electron chi connectivity index (χ1n) is 8.87. The molecule has 9 heteroatoms. The van der Waals surface area contributed by atoms with Crippen molar-refractivity contribution in [1.82, 2.24) is 9.80 Å². The second-order valence-corrected chi connectivity index (χ2v) is 7.02. The zero-order valence-electron chi connectivity index (χ0n) is 15.0. The van der Waals surface area contributed by atoms with Gasteiger partial charge < -0.3 is 14.9 Å². The van der Waals surface area contributed by atoms with Gasteiger partial charge in [-0.3, -0.25) is 24.5 Å². The lowest BCUT2D eigenvalue weighted by atomic mass is 10.1. The highest BCUT2D eigenvalue weighted by atomic mass is 16.6. The lowest BCUT2D eigenvalue weighted by Crippen LogP contribution is -2.47. The van der Waals surface area contributed by atoms with E-state index < -0.39 is 22.9 Å². The molecule has 2 aliphatic heterocycles. The molecule has 2 saturated heterocycles. The van der Waals surface area contributed by atoms with Gasteiger partial charge in [-0.25, -0.2) is 0 Å². The Balaban J connectivity index is 1.75. The van der Waals surface area contributed by atoms with Crippen LogP contribution in [0.4, 0.5) is 5.69 Å². The number of carboxylic acids is 1. The molecule has 0 aromatic heterocycles. The second-order valence-electron chi connectivity index (χ2n) is 7.02. The van der Waals surface area contributed by atoms with Gasteiger partial charge in [-0.05, 0) is 38.3 Å². The average Bonchev–Trinajstić information content (AvgIpc) is 3.29. The topological polar surface area (TPSA) is 121 Å². The molecule has 2 heterocycles. The summed E-state index contributed by atoms with van der Waals surface area (Å²) in [5, 5.41) is 20.0. The fraction of sp³-hybridized carbons (Fsp3) is 0.500. The fourth-order valence-electron chi connectivity index (χ4n) is 3.80. The molecule has 2 unspecified atom stereocenters. The van der Waals surface area contributed by atoms with Gasteiger partial charge in [0, 0.05) is 36.8 Å². The highest BCUT2D eigenvalue weighted by Crippen LogP contribution is 2.26. The minimum atomic E-state index is -0.911. The Labute approximate surface area is 155 Å². The third kappa shape index (κ3) is 3.62. The SMILES string of the molecule is Cc1cc(C(=O)N2CCCC2C(=O)N2CCC(C(=O)O)C2)ccc1[N+](=O)[O-]. The normalized spacial score (nSPS) is 22.1. The number of aliphatic carboxylic acids is 1. The number of nitro groups is 1. The first-order chi connectivity index (χ1) is 12.8. The predicted octanol–water partition coefficient (Wildman–Crippen LogP) is 1.44. The van der Waals surface area contributed by atoms with Crippen LogP contribution in [0, 0.1) is 23.0 Å². The molecule has 1 aromatic rings. The van der Waals surface area contributed by atoms with E-state index in [9.17, 15) is 24.5 Å². The van der Waals surface area contributed by atoms with Gasteiger partial charge in [0.15, 0.2) is 0 Å². The van der Waals surface area contributed by atoms with Gasteiger partial charge in [-0.15, -0.1) is 0 Å². The number of hydrogen-bond donors (Lipinski definition) is 1. The Bertz CT molecular complexity index is 808. The first kappa shape index (κ1) is 18.8. The van der Waals surface area contributed by atoms with Crippen molar-refractivity contribution in [2.24, 2.45) is 5.92 Å². The summed E-state index contributed by atoms with van der Waals surface area (Å²) in [7, 11) is 0. The van der Waals surface area contributed by atoms with E-state index in [1.807, 2.05) is 0 Å². The maximum atomic E-state index is 12.9. The van der Waals surface area contributed by atoms with Crippen LogP contribution in [0.25, 0.3) is 0 Å². The number of nitro benzene ring substituents is 1. The van der Waals surface area contributed by atoms with Gasteiger partial charge in [0.2, 0.25) is 5.91 Å². The van der Waals surface area contributed by atoms with Crippen molar-refractivity contribution in [2.75, 3.05) is 19.6 Å². The van der Waals surface area contributed by atoms with Crippen molar-refractivity contribution < 1.29 is 24.4 Å². The molecule has 2 atom stereocenters. The standard InChI is InChI=1S/C18H21N3O6/c1-11-9-12(4-5-14(11)21(26)27)16(22)20-7-2-3-15(20)17(23)19-8-6-13(10-19)18(24)25/h4-5,9,13,15H,2-3,6-8,10H2,1H3,(H,24,25). The average molecular weight is 375 g/mol. The molecule has 27 heavy (non-hydrogen) atoms. The summed E-state index contributed by atoms with van der Waals surface area (Å²) in [4.78, 5) is 50.3. The Morgan fingerprint density at radius 2 is 1.96 bits per heavy atom. The van der Waals surface area contributed by atoms with Crippen LogP contribution in [-0.4, -0.2) is 63.3 Å². The van der Waals surface area contributed by atoms with E-state index in [4.69, 9.17) is 5.11 Å². The van der Waals surface area contributed by atoms with E-state index in [-0.39, 0.29) is 24.0 Å². The van der Waals surface area contributed by atoms with Crippen molar-refractivity contribution in [3.63, 3.8) is 0 Å². The van der Waals surface area contributed by atoms with Gasteiger partial charge in [0.25, 0.3) is 11.6 Å². The van der Waals surface area contributed by atoms with Gasteiger partial charge in [0.05, 0.1) is 10.8 Å². The summed E-state index contributed by atoms with van der Waals surface area (Å²) in [5.74, 6) is -2.02. The summed E-state index contributed by atoms with van der Waals surface area (Å²) >= 11 is 0. The smallest absolute Gasteiger partial charge is 0.308 e. The van der Waals surface area contributed by atoms with Gasteiger partial charge in [-0.1, -0.05) is 0 Å². The van der Waals surface area contributed by atoms with Crippen molar-refractivity contribution in [2.45, 2.75) is 32.2 Å². The van der Waals surface area contributed by atoms with E-state index >= 15 is 0 Å². The van der Waals surface area contributed by atoms with Crippen molar-refractivity contribution in [3.8, 4) is 0 Å². The number of carbonyl (C=O) groups excluding carboxylic acids is 2. The molecule has 144 valence electrons. The van der Waals surface area contributed by atoms with Crippen molar-refractivity contribution >= 4 is 23.5 Å². The van der Waals surface area contributed by atoms with Crippen LogP contribution in [0.5, 0.6) is 0 Å². The maximum absolute atomic E-state index is 12.9. The third-order valence-corrected chi connectivity index (χ3v) is 5.29. The number of aryl methyl sites for hydroxylation is 1. The second kappa shape index (κ2) is 7.34. The maximum Gasteiger partial charge on any atom is 0.308 e. The predicted molar refractivity (Wildman–Crippen MR) is 94.2 cm³/mol. The number of carboxylic acid groups (broad SMARTS) is 1. The first-order valence-corrected chi connectivity index (χ1v) is 8.87. The molecule has 2 amide bonds. The molecule has 9 nitrogen and oxygen atoms in total. The molecule has 0 saturated carbocycles. The highest BCUT2D eigenvalue weighted by molar-refractivity contribution is 5.98. The van der Waals surface area contributed by atoms with Crippen LogP contribution >= 0.6 is 0 Å². The molecule has 0 aliphatic carbocycles. The zero-order chi connectivity index (χ0) is 19.7. The fourth-order valence-corrected chi connectivity index (χ4v) is 3.80. The third-order valence-electron chi connectivity index (χ3n) is 5.29. The molecular weight excluding hydrogens is 354 g/mol. The summed E-state index contributed by atoms with van der Waals surface area (Å²) in [6.07, 6.45) is 1.64. The number of benzene rings is 1. The van der Waals surface area contributed by atoms with E-state index in [1.54, 1.807) is 6.92 Å². The number of amides is 2. The Morgan fingerprint density at radius 1 is 1.22 bits per heavy atom. The largest absolute Gasteiger partial charge is 0.481 e. The van der Waals surface area contributed by atoms with Crippen LogP contribution in [0.2, 0.25) is 0 Å². The van der Waals surface area contributed by atoms with E-state index in [0.717, 1.165) is 0 Å². The van der Waals surface area contributed by atoms with Crippen LogP contribution in [0.3, 0.4) is 0 Å². The Hall–Kier alpha value is -2.97. The highest BCUT2D eigenvalue weighted by Gasteiger charge is 2.40. The van der Waals surface area contributed by atoms with Gasteiger partial charge in [0.1, 0.15) is 6.04 Å². The summed E-state index contributed by atoms with van der Waals surface area (Å²) in [6.45, 7) is 2.55. The number of nitrogens with zero attached hydrogens (tertiary/aromatic N) is 3. The molecule has 1 aromatic carbocycles. The monoisotopic (exact) mass is 375 g/mol. The number of likely N-dealkylation sites (tertiary alicyclic amines) is 2. The van der Waals surface area contributed by atoms with Crippen LogP contribution in [0.1, 0.15) is 35.2 Å². The zero-order valence-corrected chi connectivity index (χ0v) is 15.0. The molecule has 1 N–H and O–H groups in total. The number of carbonyl (C=O) groups is 3. The molecular formula is C18H21N3O6. The Morgan fingerprint density at radius 3 is 2.56 bits per heavy atom. The van der Waals surface area contributed by atoms with Gasteiger partial charge in [-0.2, -0.15) is 0 Å². The van der Waals surface area contributed by atoms with Crippen LogP contribution in [0.15, 0.2) is 18.2 Å². The van der Waals surface area contributed by atoms with Gasteiger partial charge >= 0.3 is 5.97 Å². The van der Waals surface area contributed by atoms with E-state index in [2.05, 4.69) is 0 Å². The molecule has 2 fully saturated rings. The lowest BCUT2D eigenvalue weighted by Gasteiger charge is -2.28. The van der Waals surface area contributed by atoms with Crippen molar-refractivity contribution in [1.29, 1.82) is 0 Å². The van der Waals surface area contributed by atoms with Crippen LogP contribution in [-0.2, 0) is 9.59 Å². The molecule has 0 bridgehead atoms. The lowest BCUT2D eigenvalue weighted by molar-refractivity contribution is -0.385. The molecule has 0 spiro atoms.